The number of fused-ring (bicyclic) bond motifs is 1. The fourth-order valence-electron chi connectivity index (χ4n) is 5.53. The lowest BCUT2D eigenvalue weighted by molar-refractivity contribution is 0.347. The standard InChI is InChI=1S/C30H34ClN7O3S/c1-21-12-13-23-24(9-5-11-27(23)38(31)42(39,40)37-18-3-2-4-19-37)28(21)41-29-25(10-7-16-33-29)26-14-17-34-30(36-26)35-22-8-6-15-32-20-22/h5,7,9-14,16-17,22,32H,2-4,6,8,15,18-20H2,1H3,(H,34,35,36)/t22-/m0/s1. The Morgan fingerprint density at radius 2 is 1.86 bits per heavy atom. The molecule has 2 aromatic carbocycles. The molecule has 0 bridgehead atoms. The summed E-state index contributed by atoms with van der Waals surface area (Å²) >= 11 is 6.58. The second kappa shape index (κ2) is 12.4. The first-order valence-electron chi connectivity index (χ1n) is 14.3. The summed E-state index contributed by atoms with van der Waals surface area (Å²) in [6, 6.07) is 15.0. The van der Waals surface area contributed by atoms with Crippen molar-refractivity contribution in [3.05, 3.63) is 66.5 Å². The highest BCUT2D eigenvalue weighted by molar-refractivity contribution is 7.91. The van der Waals surface area contributed by atoms with Crippen LogP contribution < -0.4 is 19.2 Å². The first kappa shape index (κ1) is 28.6. The van der Waals surface area contributed by atoms with Crippen LogP contribution in [0.1, 0.15) is 37.7 Å². The molecule has 0 amide bonds. The number of hydrogen-bond donors (Lipinski definition) is 2. The second-order valence-corrected chi connectivity index (χ2v) is 13.0. The first-order valence-corrected chi connectivity index (χ1v) is 16.1. The van der Waals surface area contributed by atoms with Crippen LogP contribution in [0.5, 0.6) is 11.6 Å². The normalized spacial score (nSPS) is 18.1. The lowest BCUT2D eigenvalue weighted by Gasteiger charge is -2.29. The molecule has 10 nitrogen and oxygen atoms in total. The van der Waals surface area contributed by atoms with E-state index in [0.717, 1.165) is 60.0 Å². The molecule has 0 aliphatic carbocycles. The number of piperidine rings is 2. The van der Waals surface area contributed by atoms with Gasteiger partial charge in [0.15, 0.2) is 0 Å². The zero-order valence-corrected chi connectivity index (χ0v) is 25.0. The van der Waals surface area contributed by atoms with Gasteiger partial charge in [0.25, 0.3) is 0 Å². The number of nitrogens with one attached hydrogen (secondary N) is 2. The molecule has 0 unspecified atom stereocenters. The Bertz CT molecular complexity index is 1680. The lowest BCUT2D eigenvalue weighted by Crippen LogP contribution is -2.42. The molecule has 2 aliphatic rings. The average Bonchev–Trinajstić information content (AvgIpc) is 3.03. The third-order valence-corrected chi connectivity index (χ3v) is 10.1. The highest BCUT2D eigenvalue weighted by Crippen LogP contribution is 2.40. The molecule has 0 spiro atoms. The minimum absolute atomic E-state index is 0.270. The van der Waals surface area contributed by atoms with Crippen molar-refractivity contribution in [2.45, 2.75) is 45.1 Å². The van der Waals surface area contributed by atoms with E-state index in [0.29, 0.717) is 53.0 Å². The number of anilines is 2. The number of pyridine rings is 1. The molecular formula is C30H34ClN7O3S. The summed E-state index contributed by atoms with van der Waals surface area (Å²) in [6.45, 7) is 4.77. The van der Waals surface area contributed by atoms with Gasteiger partial charge in [-0.1, -0.05) is 30.7 Å². The smallest absolute Gasteiger partial charge is 0.318 e. The molecule has 12 heteroatoms. The SMILES string of the molecule is Cc1ccc2c(N(Cl)S(=O)(=O)N3CCCCC3)cccc2c1Oc1ncccc1-c1ccnc(N[C@H]2CCCNC2)n1. The van der Waals surface area contributed by atoms with Gasteiger partial charge in [0, 0.05) is 60.6 Å². The molecule has 2 aliphatic heterocycles. The van der Waals surface area contributed by atoms with Crippen molar-refractivity contribution in [2.75, 3.05) is 35.3 Å². The molecular weight excluding hydrogens is 574 g/mol. The van der Waals surface area contributed by atoms with Crippen LogP contribution in [0.15, 0.2) is 60.9 Å². The van der Waals surface area contributed by atoms with E-state index < -0.39 is 10.2 Å². The second-order valence-electron chi connectivity index (χ2n) is 10.7. The van der Waals surface area contributed by atoms with Crippen molar-refractivity contribution in [3.8, 4) is 22.9 Å². The number of aryl methyl sites for hydroxylation is 1. The zero-order valence-electron chi connectivity index (χ0n) is 23.5. The van der Waals surface area contributed by atoms with E-state index in [4.69, 9.17) is 21.5 Å². The van der Waals surface area contributed by atoms with Crippen molar-refractivity contribution in [1.82, 2.24) is 24.6 Å². The Kier molecular flexibility index (Phi) is 8.43. The quantitative estimate of drug-likeness (QED) is 0.247. The molecule has 2 saturated heterocycles. The van der Waals surface area contributed by atoms with Gasteiger partial charge in [-0.15, -0.1) is 0 Å². The molecule has 0 saturated carbocycles. The van der Waals surface area contributed by atoms with Gasteiger partial charge in [-0.3, -0.25) is 0 Å². The monoisotopic (exact) mass is 607 g/mol. The highest BCUT2D eigenvalue weighted by Gasteiger charge is 2.31. The summed E-state index contributed by atoms with van der Waals surface area (Å²) in [4.78, 5) is 13.7. The summed E-state index contributed by atoms with van der Waals surface area (Å²) in [5, 5.41) is 8.20. The largest absolute Gasteiger partial charge is 0.437 e. The van der Waals surface area contributed by atoms with Gasteiger partial charge < -0.3 is 15.4 Å². The van der Waals surface area contributed by atoms with E-state index in [9.17, 15) is 8.42 Å². The maximum Gasteiger partial charge on any atom is 0.318 e. The fraction of sp³-hybridized carbons (Fsp3) is 0.367. The number of benzene rings is 2. The third kappa shape index (κ3) is 5.87. The van der Waals surface area contributed by atoms with Crippen LogP contribution in [-0.4, -0.2) is 59.9 Å². The van der Waals surface area contributed by atoms with Crippen molar-refractivity contribution in [1.29, 1.82) is 0 Å². The maximum absolute atomic E-state index is 13.4. The number of halogens is 1. The van der Waals surface area contributed by atoms with E-state index in [-0.39, 0.29) is 6.04 Å². The van der Waals surface area contributed by atoms with Gasteiger partial charge in [-0.05, 0) is 69.0 Å². The molecule has 4 aromatic rings. The summed E-state index contributed by atoms with van der Waals surface area (Å²) in [7, 11) is -3.89. The van der Waals surface area contributed by atoms with Crippen LogP contribution in [0.4, 0.5) is 11.6 Å². The van der Waals surface area contributed by atoms with Gasteiger partial charge in [-0.25, -0.2) is 15.0 Å². The van der Waals surface area contributed by atoms with Gasteiger partial charge in [0.2, 0.25) is 11.8 Å². The fourth-order valence-corrected chi connectivity index (χ4v) is 7.27. The van der Waals surface area contributed by atoms with Gasteiger partial charge in [0.05, 0.1) is 16.9 Å². The minimum Gasteiger partial charge on any atom is -0.437 e. The van der Waals surface area contributed by atoms with Crippen LogP contribution in [-0.2, 0) is 10.2 Å². The van der Waals surface area contributed by atoms with Crippen LogP contribution in [0.3, 0.4) is 0 Å². The Labute approximate surface area is 251 Å². The number of nitrogens with zero attached hydrogens (tertiary/aromatic N) is 5. The van der Waals surface area contributed by atoms with Crippen LogP contribution in [0.2, 0.25) is 0 Å². The summed E-state index contributed by atoms with van der Waals surface area (Å²) in [5.41, 5.74) is 2.63. The van der Waals surface area contributed by atoms with Gasteiger partial charge in [0.1, 0.15) is 5.75 Å². The number of hydrogen-bond acceptors (Lipinski definition) is 8. The van der Waals surface area contributed by atoms with Crippen LogP contribution >= 0.6 is 11.8 Å². The summed E-state index contributed by atoms with van der Waals surface area (Å²) < 4.78 is 35.6. The average molecular weight is 608 g/mol. The zero-order chi connectivity index (χ0) is 29.1. The van der Waals surface area contributed by atoms with E-state index in [2.05, 4.69) is 20.6 Å². The highest BCUT2D eigenvalue weighted by atomic mass is 35.5. The number of rotatable bonds is 8. The molecule has 6 rings (SSSR count). The Hall–Kier alpha value is -3.51. The molecule has 42 heavy (non-hydrogen) atoms. The molecule has 4 heterocycles. The Morgan fingerprint density at radius 1 is 1.00 bits per heavy atom. The van der Waals surface area contributed by atoms with E-state index in [1.54, 1.807) is 24.5 Å². The molecule has 1 atom stereocenters. The topological polar surface area (TPSA) is 113 Å². The predicted molar refractivity (Wildman–Crippen MR) is 166 cm³/mol. The van der Waals surface area contributed by atoms with Gasteiger partial charge in [-0.2, -0.15) is 16.5 Å². The minimum atomic E-state index is -3.89. The Balaban J connectivity index is 1.33. The summed E-state index contributed by atoms with van der Waals surface area (Å²) in [5.74, 6) is 1.50. The van der Waals surface area contributed by atoms with Crippen molar-refractivity contribution < 1.29 is 13.2 Å². The molecule has 2 fully saturated rings. The number of aromatic nitrogens is 3. The number of ether oxygens (including phenoxy) is 1. The van der Waals surface area contributed by atoms with Gasteiger partial charge >= 0.3 is 10.2 Å². The van der Waals surface area contributed by atoms with E-state index in [1.165, 1.54) is 4.31 Å². The van der Waals surface area contributed by atoms with Crippen molar-refractivity contribution in [3.63, 3.8) is 0 Å². The van der Waals surface area contributed by atoms with E-state index in [1.807, 2.05) is 43.3 Å². The van der Waals surface area contributed by atoms with E-state index >= 15 is 0 Å². The molecule has 2 aromatic heterocycles. The lowest BCUT2D eigenvalue weighted by atomic mass is 10.0. The van der Waals surface area contributed by atoms with Crippen molar-refractivity contribution >= 4 is 44.4 Å². The van der Waals surface area contributed by atoms with Crippen molar-refractivity contribution in [2.24, 2.45) is 0 Å². The molecule has 2 N–H and O–H groups in total. The first-order chi connectivity index (χ1) is 20.4. The molecule has 220 valence electrons. The maximum atomic E-state index is 13.4. The predicted octanol–water partition coefficient (Wildman–Crippen LogP) is 5.65. The third-order valence-electron chi connectivity index (χ3n) is 7.75. The van der Waals surface area contributed by atoms with Crippen LogP contribution in [0.25, 0.3) is 22.0 Å². The molecule has 0 radical (unpaired) electrons. The Morgan fingerprint density at radius 3 is 2.67 bits per heavy atom. The van der Waals surface area contributed by atoms with Crippen LogP contribution in [0, 0.1) is 6.92 Å². The summed E-state index contributed by atoms with van der Waals surface area (Å²) in [6.07, 6.45) is 8.23.